The van der Waals surface area contributed by atoms with Crippen LogP contribution in [0, 0.1) is 5.92 Å². The molecule has 0 aromatic heterocycles. The molecule has 0 radical (unpaired) electrons. The van der Waals surface area contributed by atoms with Gasteiger partial charge >= 0.3 is 6.18 Å². The highest BCUT2D eigenvalue weighted by atomic mass is 35.5. The molecule has 1 amide bonds. The number of halogens is 4. The second-order valence-corrected chi connectivity index (χ2v) is 5.31. The van der Waals surface area contributed by atoms with Crippen LogP contribution in [0.25, 0.3) is 0 Å². The van der Waals surface area contributed by atoms with Gasteiger partial charge in [0.25, 0.3) is 0 Å². The smallest absolute Gasteiger partial charge is 0.422 e. The van der Waals surface area contributed by atoms with Crippen molar-refractivity contribution in [2.24, 2.45) is 5.92 Å². The van der Waals surface area contributed by atoms with Crippen molar-refractivity contribution in [1.29, 1.82) is 0 Å². The number of ether oxygens (including phenoxy) is 1. The van der Waals surface area contributed by atoms with Gasteiger partial charge in [0.2, 0.25) is 5.91 Å². The van der Waals surface area contributed by atoms with E-state index in [1.807, 2.05) is 0 Å². The van der Waals surface area contributed by atoms with Gasteiger partial charge in [-0.05, 0) is 37.1 Å². The van der Waals surface area contributed by atoms with Crippen molar-refractivity contribution in [2.75, 3.05) is 19.7 Å². The van der Waals surface area contributed by atoms with E-state index in [1.54, 1.807) is 12.1 Å². The Bertz CT molecular complexity index is 488. The first-order valence-corrected chi connectivity index (χ1v) is 7.21. The number of carbonyl (C=O) groups is 1. The van der Waals surface area contributed by atoms with Crippen LogP contribution in [-0.2, 0) is 11.3 Å². The Morgan fingerprint density at radius 2 is 2.00 bits per heavy atom. The zero-order valence-electron chi connectivity index (χ0n) is 12.5. The number of amides is 1. The summed E-state index contributed by atoms with van der Waals surface area (Å²) in [6.45, 7) is 0.686. The minimum absolute atomic E-state index is 0. The van der Waals surface area contributed by atoms with Crippen molar-refractivity contribution in [2.45, 2.75) is 25.6 Å². The zero-order chi connectivity index (χ0) is 16.0. The lowest BCUT2D eigenvalue weighted by Crippen LogP contribution is -2.40. The predicted octanol–water partition coefficient (Wildman–Crippen LogP) is 2.67. The summed E-state index contributed by atoms with van der Waals surface area (Å²) in [6, 6.07) is 6.22. The Morgan fingerprint density at radius 1 is 1.30 bits per heavy atom. The van der Waals surface area contributed by atoms with Crippen molar-refractivity contribution >= 4 is 18.3 Å². The Kier molecular flexibility index (Phi) is 7.64. The number of rotatable bonds is 5. The SMILES string of the molecule is Cl.O=C(NCc1ccc(OCC(F)(F)F)cc1)C1CCCNC1. The molecule has 1 heterocycles. The second-order valence-electron chi connectivity index (χ2n) is 5.31. The molecule has 130 valence electrons. The molecule has 0 saturated carbocycles. The van der Waals surface area contributed by atoms with Crippen LogP contribution in [0.1, 0.15) is 18.4 Å². The molecule has 8 heteroatoms. The van der Waals surface area contributed by atoms with Crippen LogP contribution >= 0.6 is 12.4 Å². The number of piperidine rings is 1. The summed E-state index contributed by atoms with van der Waals surface area (Å²) in [7, 11) is 0. The summed E-state index contributed by atoms with van der Waals surface area (Å²) in [6.07, 6.45) is -2.48. The third-order valence-electron chi connectivity index (χ3n) is 3.46. The minimum Gasteiger partial charge on any atom is -0.484 e. The molecule has 2 rings (SSSR count). The molecule has 0 bridgehead atoms. The van der Waals surface area contributed by atoms with Crippen molar-refractivity contribution in [3.05, 3.63) is 29.8 Å². The number of benzene rings is 1. The van der Waals surface area contributed by atoms with Crippen molar-refractivity contribution in [1.82, 2.24) is 10.6 Å². The summed E-state index contributed by atoms with van der Waals surface area (Å²) in [4.78, 5) is 12.0. The molecule has 1 fully saturated rings. The van der Waals surface area contributed by atoms with Gasteiger partial charge in [-0.2, -0.15) is 13.2 Å². The van der Waals surface area contributed by atoms with Crippen molar-refractivity contribution in [3.63, 3.8) is 0 Å². The molecule has 1 aromatic carbocycles. The van der Waals surface area contributed by atoms with Crippen LogP contribution < -0.4 is 15.4 Å². The molecule has 1 saturated heterocycles. The molecule has 1 atom stereocenters. The highest BCUT2D eigenvalue weighted by Gasteiger charge is 2.28. The van der Waals surface area contributed by atoms with Gasteiger partial charge in [-0.3, -0.25) is 4.79 Å². The number of hydrogen-bond donors (Lipinski definition) is 2. The molecule has 1 aliphatic heterocycles. The van der Waals surface area contributed by atoms with E-state index in [4.69, 9.17) is 0 Å². The van der Waals surface area contributed by atoms with Crippen LogP contribution in [-0.4, -0.2) is 31.8 Å². The minimum atomic E-state index is -4.35. The van der Waals surface area contributed by atoms with Gasteiger partial charge in [-0.25, -0.2) is 0 Å². The van der Waals surface area contributed by atoms with Crippen molar-refractivity contribution < 1.29 is 22.7 Å². The first kappa shape index (κ1) is 19.6. The highest BCUT2D eigenvalue weighted by Crippen LogP contribution is 2.19. The van der Waals surface area contributed by atoms with Crippen LogP contribution in [0.2, 0.25) is 0 Å². The summed E-state index contributed by atoms with van der Waals surface area (Å²) < 4.78 is 40.7. The lowest BCUT2D eigenvalue weighted by atomic mass is 9.99. The molecule has 1 aromatic rings. The number of carbonyl (C=O) groups excluding carboxylic acids is 1. The Morgan fingerprint density at radius 3 is 2.57 bits per heavy atom. The monoisotopic (exact) mass is 352 g/mol. The van der Waals surface area contributed by atoms with E-state index >= 15 is 0 Å². The van der Waals surface area contributed by atoms with Gasteiger partial charge in [0, 0.05) is 13.1 Å². The van der Waals surface area contributed by atoms with E-state index < -0.39 is 12.8 Å². The molecule has 1 unspecified atom stereocenters. The zero-order valence-corrected chi connectivity index (χ0v) is 13.3. The van der Waals surface area contributed by atoms with Gasteiger partial charge in [-0.15, -0.1) is 12.4 Å². The maximum Gasteiger partial charge on any atom is 0.422 e. The Labute approximate surface area is 139 Å². The van der Waals surface area contributed by atoms with Gasteiger partial charge in [0.1, 0.15) is 5.75 Å². The Hall–Kier alpha value is -1.47. The summed E-state index contributed by atoms with van der Waals surface area (Å²) >= 11 is 0. The quantitative estimate of drug-likeness (QED) is 0.856. The van der Waals surface area contributed by atoms with E-state index in [9.17, 15) is 18.0 Å². The molecule has 2 N–H and O–H groups in total. The maximum atomic E-state index is 12.0. The van der Waals surface area contributed by atoms with E-state index in [2.05, 4.69) is 15.4 Å². The lowest BCUT2D eigenvalue weighted by Gasteiger charge is -2.21. The fraction of sp³-hybridized carbons (Fsp3) is 0.533. The molecule has 4 nitrogen and oxygen atoms in total. The topological polar surface area (TPSA) is 50.4 Å². The van der Waals surface area contributed by atoms with E-state index in [0.29, 0.717) is 13.1 Å². The average Bonchev–Trinajstić information content (AvgIpc) is 2.52. The van der Waals surface area contributed by atoms with Crippen LogP contribution in [0.3, 0.4) is 0 Å². The van der Waals surface area contributed by atoms with E-state index in [1.165, 1.54) is 12.1 Å². The molecule has 1 aliphatic rings. The average molecular weight is 353 g/mol. The second kappa shape index (κ2) is 8.98. The third-order valence-corrected chi connectivity index (χ3v) is 3.46. The fourth-order valence-electron chi connectivity index (χ4n) is 2.28. The predicted molar refractivity (Wildman–Crippen MR) is 82.7 cm³/mol. The summed E-state index contributed by atoms with van der Waals surface area (Å²) in [5.41, 5.74) is 0.816. The van der Waals surface area contributed by atoms with Gasteiger partial charge < -0.3 is 15.4 Å². The van der Waals surface area contributed by atoms with E-state index in [0.717, 1.165) is 24.9 Å². The normalized spacial score (nSPS) is 18.0. The largest absolute Gasteiger partial charge is 0.484 e. The first-order valence-electron chi connectivity index (χ1n) is 7.21. The third kappa shape index (κ3) is 7.09. The van der Waals surface area contributed by atoms with Crippen LogP contribution in [0.4, 0.5) is 13.2 Å². The first-order chi connectivity index (χ1) is 10.4. The molecule has 0 aliphatic carbocycles. The lowest BCUT2D eigenvalue weighted by molar-refractivity contribution is -0.153. The molecular weight excluding hydrogens is 333 g/mol. The maximum absolute atomic E-state index is 12.0. The number of alkyl halides is 3. The standard InChI is InChI=1S/C15H19F3N2O2.ClH/c16-15(17,18)10-22-13-5-3-11(4-6-13)8-20-14(21)12-2-1-7-19-9-12;/h3-6,12,19H,1-2,7-10H2,(H,20,21);1H. The van der Waals surface area contributed by atoms with Gasteiger partial charge in [-0.1, -0.05) is 12.1 Å². The van der Waals surface area contributed by atoms with E-state index in [-0.39, 0.29) is 30.0 Å². The summed E-state index contributed by atoms with van der Waals surface area (Å²) in [5, 5.41) is 6.02. The molecule has 0 spiro atoms. The van der Waals surface area contributed by atoms with Crippen LogP contribution in [0.15, 0.2) is 24.3 Å². The molecule has 23 heavy (non-hydrogen) atoms. The number of nitrogens with one attached hydrogen (secondary N) is 2. The molecular formula is C15H20ClF3N2O2. The van der Waals surface area contributed by atoms with Crippen LogP contribution in [0.5, 0.6) is 5.75 Å². The highest BCUT2D eigenvalue weighted by molar-refractivity contribution is 5.85. The van der Waals surface area contributed by atoms with Gasteiger partial charge in [0.05, 0.1) is 5.92 Å². The van der Waals surface area contributed by atoms with Gasteiger partial charge in [0.15, 0.2) is 6.61 Å². The van der Waals surface area contributed by atoms with Crippen molar-refractivity contribution in [3.8, 4) is 5.75 Å². The number of hydrogen-bond acceptors (Lipinski definition) is 3. The summed E-state index contributed by atoms with van der Waals surface area (Å²) in [5.74, 6) is 0.150. The Balaban J connectivity index is 0.00000264. The fourth-order valence-corrected chi connectivity index (χ4v) is 2.28.